The van der Waals surface area contributed by atoms with Gasteiger partial charge in [-0.1, -0.05) is 18.9 Å². The summed E-state index contributed by atoms with van der Waals surface area (Å²) in [5.74, 6) is 2.00. The molecular weight excluding hydrogens is 258 g/mol. The van der Waals surface area contributed by atoms with E-state index in [1.165, 1.54) is 77.1 Å². The maximum atomic E-state index is 4.71. The minimum absolute atomic E-state index is 0.819. The van der Waals surface area contributed by atoms with Crippen molar-refractivity contribution in [2.75, 3.05) is 37.6 Å². The van der Waals surface area contributed by atoms with E-state index in [4.69, 9.17) is 4.98 Å². The molecule has 116 valence electrons. The molecule has 1 aromatic heterocycles. The molecule has 1 aromatic rings. The van der Waals surface area contributed by atoms with Crippen LogP contribution in [0, 0.1) is 12.8 Å². The molecule has 2 aliphatic rings. The summed E-state index contributed by atoms with van der Waals surface area (Å²) in [7, 11) is 0. The Bertz CT molecular complexity index is 438. The summed E-state index contributed by atoms with van der Waals surface area (Å²) in [6.07, 6.45) is 8.36. The van der Waals surface area contributed by atoms with Gasteiger partial charge in [-0.15, -0.1) is 0 Å². The number of nitrogens with zero attached hydrogens (tertiary/aromatic N) is 3. The number of aryl methyl sites for hydroxylation is 1. The molecule has 3 rings (SSSR count). The van der Waals surface area contributed by atoms with Gasteiger partial charge in [0.1, 0.15) is 5.82 Å². The summed E-state index contributed by atoms with van der Waals surface area (Å²) in [5.41, 5.74) is 1.13. The minimum Gasteiger partial charge on any atom is -0.356 e. The Morgan fingerprint density at radius 1 is 1.05 bits per heavy atom. The first-order chi connectivity index (χ1) is 10.3. The molecule has 1 unspecified atom stereocenters. The lowest BCUT2D eigenvalue weighted by atomic mass is 9.97. The SMILES string of the molecule is Cc1cccc(N2CCCC(CN3CCCCCC3)C2)n1. The van der Waals surface area contributed by atoms with E-state index in [2.05, 4.69) is 34.9 Å². The quantitative estimate of drug-likeness (QED) is 0.848. The van der Waals surface area contributed by atoms with Crippen LogP contribution < -0.4 is 4.90 Å². The van der Waals surface area contributed by atoms with Crippen LogP contribution in [0.3, 0.4) is 0 Å². The van der Waals surface area contributed by atoms with Gasteiger partial charge in [-0.3, -0.25) is 0 Å². The van der Waals surface area contributed by atoms with Gasteiger partial charge in [-0.05, 0) is 63.7 Å². The van der Waals surface area contributed by atoms with E-state index in [0.717, 1.165) is 11.6 Å². The van der Waals surface area contributed by atoms with Crippen LogP contribution >= 0.6 is 0 Å². The third kappa shape index (κ3) is 4.19. The molecule has 3 nitrogen and oxygen atoms in total. The molecule has 0 saturated carbocycles. The van der Waals surface area contributed by atoms with E-state index in [0.29, 0.717) is 0 Å². The predicted octanol–water partition coefficient (Wildman–Crippen LogP) is 3.48. The first-order valence-electron chi connectivity index (χ1n) is 8.72. The van der Waals surface area contributed by atoms with Crippen molar-refractivity contribution >= 4 is 5.82 Å². The molecule has 21 heavy (non-hydrogen) atoms. The smallest absolute Gasteiger partial charge is 0.128 e. The van der Waals surface area contributed by atoms with Crippen LogP contribution in [0.5, 0.6) is 0 Å². The van der Waals surface area contributed by atoms with E-state index in [-0.39, 0.29) is 0 Å². The molecule has 0 amide bonds. The van der Waals surface area contributed by atoms with Crippen molar-refractivity contribution in [1.82, 2.24) is 9.88 Å². The molecule has 0 aromatic carbocycles. The fraction of sp³-hybridized carbons (Fsp3) is 0.722. The Morgan fingerprint density at radius 3 is 2.62 bits per heavy atom. The van der Waals surface area contributed by atoms with Crippen molar-refractivity contribution in [2.45, 2.75) is 45.4 Å². The molecule has 1 atom stereocenters. The topological polar surface area (TPSA) is 19.4 Å². The van der Waals surface area contributed by atoms with Gasteiger partial charge in [0.05, 0.1) is 0 Å². The van der Waals surface area contributed by atoms with Crippen LogP contribution in [0.15, 0.2) is 18.2 Å². The predicted molar refractivity (Wildman–Crippen MR) is 88.8 cm³/mol. The van der Waals surface area contributed by atoms with Gasteiger partial charge in [0.2, 0.25) is 0 Å². The van der Waals surface area contributed by atoms with E-state index in [1.807, 2.05) is 0 Å². The highest BCUT2D eigenvalue weighted by atomic mass is 15.2. The Morgan fingerprint density at radius 2 is 1.86 bits per heavy atom. The largest absolute Gasteiger partial charge is 0.356 e. The lowest BCUT2D eigenvalue weighted by Crippen LogP contribution is -2.41. The average Bonchev–Trinajstić information content (AvgIpc) is 2.76. The van der Waals surface area contributed by atoms with Crippen LogP contribution in [0.4, 0.5) is 5.82 Å². The van der Waals surface area contributed by atoms with Gasteiger partial charge in [0, 0.05) is 25.3 Å². The van der Waals surface area contributed by atoms with Crippen molar-refractivity contribution in [2.24, 2.45) is 5.92 Å². The molecule has 3 heterocycles. The monoisotopic (exact) mass is 287 g/mol. The molecule has 3 heteroatoms. The average molecular weight is 287 g/mol. The molecule has 0 radical (unpaired) electrons. The molecule has 0 N–H and O–H groups in total. The van der Waals surface area contributed by atoms with Crippen molar-refractivity contribution < 1.29 is 0 Å². The number of hydrogen-bond donors (Lipinski definition) is 0. The zero-order valence-electron chi connectivity index (χ0n) is 13.4. The summed E-state index contributed by atoms with van der Waals surface area (Å²) in [5, 5.41) is 0. The number of likely N-dealkylation sites (tertiary alicyclic amines) is 1. The summed E-state index contributed by atoms with van der Waals surface area (Å²) in [6, 6.07) is 6.39. The van der Waals surface area contributed by atoms with Crippen LogP contribution in [0.1, 0.15) is 44.2 Å². The van der Waals surface area contributed by atoms with Gasteiger partial charge in [0.25, 0.3) is 0 Å². The molecule has 2 saturated heterocycles. The molecule has 2 aliphatic heterocycles. The van der Waals surface area contributed by atoms with Gasteiger partial charge in [-0.2, -0.15) is 0 Å². The third-order valence-corrected chi connectivity index (χ3v) is 4.93. The molecule has 0 spiro atoms. The Kier molecular flexibility index (Phi) is 5.13. The third-order valence-electron chi connectivity index (χ3n) is 4.93. The van der Waals surface area contributed by atoms with E-state index in [9.17, 15) is 0 Å². The number of anilines is 1. The lowest BCUT2D eigenvalue weighted by Gasteiger charge is -2.36. The van der Waals surface area contributed by atoms with E-state index in [1.54, 1.807) is 0 Å². The summed E-state index contributed by atoms with van der Waals surface area (Å²) in [6.45, 7) is 8.38. The second kappa shape index (κ2) is 7.26. The van der Waals surface area contributed by atoms with E-state index >= 15 is 0 Å². The first-order valence-corrected chi connectivity index (χ1v) is 8.72. The molecule has 0 aliphatic carbocycles. The standard InChI is InChI=1S/C18H29N3/c1-16-8-6-10-18(19-16)21-13-7-9-17(15-21)14-20-11-4-2-3-5-12-20/h6,8,10,17H,2-5,7,9,11-15H2,1H3. The minimum atomic E-state index is 0.819. The van der Waals surface area contributed by atoms with Gasteiger partial charge >= 0.3 is 0 Å². The summed E-state index contributed by atoms with van der Waals surface area (Å²) >= 11 is 0. The van der Waals surface area contributed by atoms with Crippen LogP contribution in [0.25, 0.3) is 0 Å². The van der Waals surface area contributed by atoms with Crippen LogP contribution in [-0.4, -0.2) is 42.6 Å². The first kappa shape index (κ1) is 14.8. The summed E-state index contributed by atoms with van der Waals surface area (Å²) < 4.78 is 0. The molecular formula is C18H29N3. The highest BCUT2D eigenvalue weighted by Gasteiger charge is 2.23. The van der Waals surface area contributed by atoms with Crippen LogP contribution in [0.2, 0.25) is 0 Å². The highest BCUT2D eigenvalue weighted by molar-refractivity contribution is 5.39. The number of rotatable bonds is 3. The fourth-order valence-corrected chi connectivity index (χ4v) is 3.81. The number of piperidine rings is 1. The summed E-state index contributed by atoms with van der Waals surface area (Å²) in [4.78, 5) is 9.92. The van der Waals surface area contributed by atoms with Crippen LogP contribution in [-0.2, 0) is 0 Å². The maximum Gasteiger partial charge on any atom is 0.128 e. The number of aromatic nitrogens is 1. The van der Waals surface area contributed by atoms with Gasteiger partial charge in [-0.25, -0.2) is 4.98 Å². The Balaban J connectivity index is 1.57. The fourth-order valence-electron chi connectivity index (χ4n) is 3.81. The normalized spacial score (nSPS) is 24.8. The Labute approximate surface area is 129 Å². The van der Waals surface area contributed by atoms with Gasteiger partial charge < -0.3 is 9.80 Å². The second-order valence-corrected chi connectivity index (χ2v) is 6.81. The van der Waals surface area contributed by atoms with Crippen molar-refractivity contribution in [3.05, 3.63) is 23.9 Å². The zero-order valence-corrected chi connectivity index (χ0v) is 13.4. The van der Waals surface area contributed by atoms with Crippen molar-refractivity contribution in [1.29, 1.82) is 0 Å². The van der Waals surface area contributed by atoms with Crippen molar-refractivity contribution in [3.63, 3.8) is 0 Å². The zero-order chi connectivity index (χ0) is 14.5. The maximum absolute atomic E-state index is 4.71. The van der Waals surface area contributed by atoms with Gasteiger partial charge in [0.15, 0.2) is 0 Å². The molecule has 2 fully saturated rings. The number of hydrogen-bond acceptors (Lipinski definition) is 3. The highest BCUT2D eigenvalue weighted by Crippen LogP contribution is 2.23. The lowest BCUT2D eigenvalue weighted by molar-refractivity contribution is 0.222. The van der Waals surface area contributed by atoms with E-state index < -0.39 is 0 Å². The Hall–Kier alpha value is -1.09. The van der Waals surface area contributed by atoms with Crippen molar-refractivity contribution in [3.8, 4) is 0 Å². The second-order valence-electron chi connectivity index (χ2n) is 6.81. The number of pyridine rings is 1. The molecule has 0 bridgehead atoms.